The van der Waals surface area contributed by atoms with Gasteiger partial charge in [-0.15, -0.1) is 0 Å². The zero-order valence-electron chi connectivity index (χ0n) is 41.6. The van der Waals surface area contributed by atoms with Gasteiger partial charge in [-0.05, 0) is 77.0 Å². The molecule has 366 valence electrons. The maximum absolute atomic E-state index is 12.5. The van der Waals surface area contributed by atoms with E-state index in [9.17, 15) is 19.8 Å². The molecule has 2 unspecified atom stereocenters. The van der Waals surface area contributed by atoms with Crippen LogP contribution in [-0.2, 0) is 14.3 Å². The topological polar surface area (TPSA) is 95.9 Å². The Kier molecular flexibility index (Phi) is 50.6. The number of ether oxygens (including phenoxy) is 1. The molecule has 0 aliphatic heterocycles. The maximum atomic E-state index is 12.5. The molecule has 0 heterocycles. The van der Waals surface area contributed by atoms with Crippen molar-refractivity contribution in [2.24, 2.45) is 0 Å². The van der Waals surface area contributed by atoms with Gasteiger partial charge in [-0.25, -0.2) is 0 Å². The summed E-state index contributed by atoms with van der Waals surface area (Å²) in [7, 11) is 0. The van der Waals surface area contributed by atoms with Crippen LogP contribution in [0.15, 0.2) is 24.3 Å². The molecule has 0 aliphatic carbocycles. The summed E-state index contributed by atoms with van der Waals surface area (Å²) in [5.74, 6) is -0.0579. The highest BCUT2D eigenvalue weighted by atomic mass is 16.5. The zero-order valence-corrected chi connectivity index (χ0v) is 41.6. The van der Waals surface area contributed by atoms with E-state index >= 15 is 0 Å². The van der Waals surface area contributed by atoms with E-state index in [2.05, 4.69) is 43.5 Å². The summed E-state index contributed by atoms with van der Waals surface area (Å²) < 4.78 is 5.45. The number of aliphatic hydroxyl groups is 2. The standard InChI is InChI=1S/C56H107NO5/c1-3-5-7-9-11-13-15-17-18-22-25-28-32-36-40-44-48-54(59)53(52-58)57-55(60)49-45-41-37-33-29-26-23-20-19-21-24-27-31-35-39-43-47-51-62-56(61)50-46-42-38-34-30-16-14-12-10-8-6-4-2/h12,14,19,21,53-54,58-59H,3-11,13,15-18,20,22-52H2,1-2H3,(H,57,60)/b14-12-,21-19-. The number of amides is 1. The average Bonchev–Trinajstić information content (AvgIpc) is 3.27. The van der Waals surface area contributed by atoms with Crippen molar-refractivity contribution in [3.8, 4) is 0 Å². The van der Waals surface area contributed by atoms with Gasteiger partial charge in [0.25, 0.3) is 0 Å². The minimum absolute atomic E-state index is 0.0119. The number of hydrogen-bond acceptors (Lipinski definition) is 5. The Hall–Kier alpha value is -1.66. The molecule has 0 bridgehead atoms. The number of aliphatic hydroxyl groups excluding tert-OH is 2. The number of esters is 1. The third-order valence-corrected chi connectivity index (χ3v) is 12.7. The molecule has 0 spiro atoms. The minimum Gasteiger partial charge on any atom is -0.466 e. The van der Waals surface area contributed by atoms with E-state index < -0.39 is 12.1 Å². The van der Waals surface area contributed by atoms with Gasteiger partial charge in [0.1, 0.15) is 0 Å². The van der Waals surface area contributed by atoms with Gasteiger partial charge in [-0.1, -0.05) is 231 Å². The number of allylic oxidation sites excluding steroid dienone is 4. The van der Waals surface area contributed by atoms with Crippen molar-refractivity contribution in [3.63, 3.8) is 0 Å². The third-order valence-electron chi connectivity index (χ3n) is 12.7. The Balaban J connectivity index is 3.47. The van der Waals surface area contributed by atoms with E-state index in [4.69, 9.17) is 4.74 Å². The molecule has 0 aromatic heterocycles. The minimum atomic E-state index is -0.672. The lowest BCUT2D eigenvalue weighted by Gasteiger charge is -2.22. The number of nitrogens with one attached hydrogen (secondary N) is 1. The monoisotopic (exact) mass is 874 g/mol. The Labute approximate surface area is 386 Å². The van der Waals surface area contributed by atoms with Crippen LogP contribution >= 0.6 is 0 Å². The summed E-state index contributed by atoms with van der Waals surface area (Å²) in [5, 5.41) is 23.3. The van der Waals surface area contributed by atoms with Crippen molar-refractivity contribution in [2.75, 3.05) is 13.2 Å². The van der Waals surface area contributed by atoms with E-state index in [1.54, 1.807) is 0 Å². The van der Waals surface area contributed by atoms with Gasteiger partial charge in [-0.2, -0.15) is 0 Å². The lowest BCUT2D eigenvalue weighted by atomic mass is 10.0. The lowest BCUT2D eigenvalue weighted by molar-refractivity contribution is -0.143. The molecule has 1 amide bonds. The van der Waals surface area contributed by atoms with Crippen LogP contribution in [0.2, 0.25) is 0 Å². The molecule has 0 rings (SSSR count). The molecule has 6 nitrogen and oxygen atoms in total. The Morgan fingerprint density at radius 1 is 0.435 bits per heavy atom. The predicted octanol–water partition coefficient (Wildman–Crippen LogP) is 16.7. The molecule has 2 atom stereocenters. The van der Waals surface area contributed by atoms with Crippen LogP contribution < -0.4 is 5.32 Å². The summed E-state index contributed by atoms with van der Waals surface area (Å²) in [5.41, 5.74) is 0. The summed E-state index contributed by atoms with van der Waals surface area (Å²) in [6.45, 7) is 4.91. The van der Waals surface area contributed by atoms with Gasteiger partial charge < -0.3 is 20.3 Å². The van der Waals surface area contributed by atoms with Crippen molar-refractivity contribution in [1.29, 1.82) is 0 Å². The van der Waals surface area contributed by atoms with E-state index in [1.807, 2.05) is 0 Å². The fourth-order valence-electron chi connectivity index (χ4n) is 8.45. The Morgan fingerprint density at radius 2 is 0.758 bits per heavy atom. The largest absolute Gasteiger partial charge is 0.466 e. The van der Waals surface area contributed by atoms with Gasteiger partial charge in [0.05, 0.1) is 25.4 Å². The highest BCUT2D eigenvalue weighted by Crippen LogP contribution is 2.16. The molecule has 0 radical (unpaired) electrons. The fraction of sp³-hybridized carbons (Fsp3) is 0.893. The number of rotatable bonds is 51. The van der Waals surface area contributed by atoms with Crippen molar-refractivity contribution >= 4 is 11.9 Å². The number of unbranched alkanes of at least 4 members (excludes halogenated alkanes) is 36. The molecule has 0 aliphatic rings. The van der Waals surface area contributed by atoms with Crippen LogP contribution in [0, 0.1) is 0 Å². The number of hydrogen-bond donors (Lipinski definition) is 3. The summed E-state index contributed by atoms with van der Waals surface area (Å²) in [6.07, 6.45) is 61.5. The second-order valence-electron chi connectivity index (χ2n) is 18.9. The van der Waals surface area contributed by atoms with Crippen molar-refractivity contribution < 1.29 is 24.5 Å². The summed E-state index contributed by atoms with van der Waals surface area (Å²) in [4.78, 5) is 24.5. The van der Waals surface area contributed by atoms with Crippen molar-refractivity contribution in [3.05, 3.63) is 24.3 Å². The second-order valence-corrected chi connectivity index (χ2v) is 18.9. The van der Waals surface area contributed by atoms with Crippen LogP contribution in [0.25, 0.3) is 0 Å². The van der Waals surface area contributed by atoms with E-state index in [0.29, 0.717) is 25.9 Å². The second kappa shape index (κ2) is 52.0. The van der Waals surface area contributed by atoms with Crippen molar-refractivity contribution in [1.82, 2.24) is 5.32 Å². The fourth-order valence-corrected chi connectivity index (χ4v) is 8.45. The third kappa shape index (κ3) is 47.8. The molecular formula is C56H107NO5. The molecule has 0 aromatic carbocycles. The normalized spacial score (nSPS) is 12.8. The van der Waals surface area contributed by atoms with E-state index in [0.717, 1.165) is 57.8 Å². The summed E-state index contributed by atoms with van der Waals surface area (Å²) in [6, 6.07) is -0.550. The predicted molar refractivity (Wildman–Crippen MR) is 269 cm³/mol. The average molecular weight is 874 g/mol. The van der Waals surface area contributed by atoms with Crippen LogP contribution in [0.3, 0.4) is 0 Å². The lowest BCUT2D eigenvalue weighted by Crippen LogP contribution is -2.45. The van der Waals surface area contributed by atoms with Crippen LogP contribution in [0.1, 0.15) is 296 Å². The van der Waals surface area contributed by atoms with Crippen molar-refractivity contribution in [2.45, 2.75) is 309 Å². The molecule has 0 saturated carbocycles. The van der Waals surface area contributed by atoms with Gasteiger partial charge in [0.15, 0.2) is 0 Å². The maximum Gasteiger partial charge on any atom is 0.305 e. The Bertz CT molecular complexity index is 966. The molecule has 3 N–H and O–H groups in total. The number of carbonyl (C=O) groups is 2. The first kappa shape index (κ1) is 60.3. The quantitative estimate of drug-likeness (QED) is 0.0321. The van der Waals surface area contributed by atoms with E-state index in [-0.39, 0.29) is 18.5 Å². The highest BCUT2D eigenvalue weighted by molar-refractivity contribution is 5.76. The van der Waals surface area contributed by atoms with Crippen LogP contribution in [0.5, 0.6) is 0 Å². The molecular weight excluding hydrogens is 767 g/mol. The van der Waals surface area contributed by atoms with Crippen LogP contribution in [-0.4, -0.2) is 47.4 Å². The molecule has 6 heteroatoms. The first-order valence-corrected chi connectivity index (χ1v) is 27.6. The first-order valence-electron chi connectivity index (χ1n) is 27.6. The van der Waals surface area contributed by atoms with Gasteiger partial charge in [0.2, 0.25) is 5.91 Å². The molecule has 0 aromatic rings. The van der Waals surface area contributed by atoms with Crippen LogP contribution in [0.4, 0.5) is 0 Å². The zero-order chi connectivity index (χ0) is 45.1. The van der Waals surface area contributed by atoms with Gasteiger partial charge in [-0.3, -0.25) is 9.59 Å². The smallest absolute Gasteiger partial charge is 0.305 e. The Morgan fingerprint density at radius 3 is 1.18 bits per heavy atom. The number of carbonyl (C=O) groups excluding carboxylic acids is 2. The highest BCUT2D eigenvalue weighted by Gasteiger charge is 2.20. The molecule has 0 saturated heterocycles. The SMILES string of the molecule is CCCCC/C=C\CCCCCCCC(=O)OCCCCCCCC/C=C\CCCCCCCCCC(=O)NC(CO)C(O)CCCCCCCCCCCCCCCCCC. The first-order chi connectivity index (χ1) is 30.5. The van der Waals surface area contributed by atoms with Gasteiger partial charge >= 0.3 is 5.97 Å². The van der Waals surface area contributed by atoms with Gasteiger partial charge in [0, 0.05) is 12.8 Å². The molecule has 0 fully saturated rings. The molecule has 62 heavy (non-hydrogen) atoms. The van der Waals surface area contributed by atoms with E-state index in [1.165, 1.54) is 205 Å². The summed E-state index contributed by atoms with van der Waals surface area (Å²) >= 11 is 0.